The van der Waals surface area contributed by atoms with E-state index in [9.17, 15) is 0 Å². The van der Waals surface area contributed by atoms with E-state index in [0.29, 0.717) is 0 Å². The number of nitrogens with zero attached hydrogens (tertiary/aromatic N) is 3. The fraction of sp³-hybridized carbons (Fsp3) is 0.311. The molecule has 0 amide bonds. The summed E-state index contributed by atoms with van der Waals surface area (Å²) >= 11 is 1.58. The molecule has 0 saturated carbocycles. The molecule has 3 aromatic carbocycles. The molecule has 51 heavy (non-hydrogen) atoms. The first-order valence-corrected chi connectivity index (χ1v) is 18.6. The summed E-state index contributed by atoms with van der Waals surface area (Å²) in [5.74, 6) is 0. The van der Waals surface area contributed by atoms with Crippen molar-refractivity contribution in [1.82, 2.24) is 15.0 Å². The van der Waals surface area contributed by atoms with Crippen molar-refractivity contribution in [3.05, 3.63) is 101 Å². The predicted octanol–water partition coefficient (Wildman–Crippen LogP) is 13.1. The molecule has 0 spiro atoms. The van der Waals surface area contributed by atoms with E-state index in [4.69, 9.17) is 23.8 Å². The van der Waals surface area contributed by atoms with Crippen LogP contribution in [0.5, 0.6) is 0 Å². The minimum absolute atomic E-state index is 0.00479. The highest BCUT2D eigenvalue weighted by atomic mass is 32.2. The van der Waals surface area contributed by atoms with Crippen LogP contribution in [-0.4, -0.2) is 15.0 Å². The molecule has 0 bridgehead atoms. The topological polar surface area (TPSA) is 65.0 Å². The highest BCUT2D eigenvalue weighted by molar-refractivity contribution is 7.99. The van der Waals surface area contributed by atoms with Gasteiger partial charge in [-0.25, -0.2) is 9.97 Å². The molecule has 8 rings (SSSR count). The van der Waals surface area contributed by atoms with Crippen molar-refractivity contribution < 1.29 is 8.83 Å². The summed E-state index contributed by atoms with van der Waals surface area (Å²) in [6, 6.07) is 25.9. The standard InChI is InChI=1S/C45H45N3O2S/c1-25-17-36(51-37-23-29(45(8,9)10)22-33(47-37)32-21-28(15-16-46-32)44(5,6)7)48-40-31-20-27-13-11-12-14-30(27)42-38(31)39-34(49-41(25)40)18-26(19-35(39)50-42)24-43(2,3)4/h11-23H,24H2,1-10H3. The van der Waals surface area contributed by atoms with Crippen LogP contribution in [0.25, 0.3) is 66.2 Å². The van der Waals surface area contributed by atoms with Gasteiger partial charge in [-0.2, -0.15) is 0 Å². The average molecular weight is 692 g/mol. The minimum Gasteiger partial charge on any atom is -0.455 e. The zero-order valence-electron chi connectivity index (χ0n) is 31.3. The van der Waals surface area contributed by atoms with E-state index in [1.165, 1.54) is 16.7 Å². The number of pyridine rings is 3. The van der Waals surface area contributed by atoms with Crippen LogP contribution in [0.2, 0.25) is 0 Å². The van der Waals surface area contributed by atoms with Gasteiger partial charge in [0.05, 0.1) is 16.8 Å². The first-order chi connectivity index (χ1) is 24.0. The summed E-state index contributed by atoms with van der Waals surface area (Å²) in [4.78, 5) is 15.3. The van der Waals surface area contributed by atoms with Gasteiger partial charge in [0.25, 0.3) is 0 Å². The van der Waals surface area contributed by atoms with Gasteiger partial charge in [-0.15, -0.1) is 0 Å². The highest BCUT2D eigenvalue weighted by Gasteiger charge is 2.24. The lowest BCUT2D eigenvalue weighted by molar-refractivity contribution is 0.411. The Morgan fingerprint density at radius 2 is 1.29 bits per heavy atom. The molecular weight excluding hydrogens is 647 g/mol. The van der Waals surface area contributed by atoms with E-state index in [0.717, 1.165) is 88.2 Å². The van der Waals surface area contributed by atoms with Crippen LogP contribution < -0.4 is 0 Å². The molecule has 5 nitrogen and oxygen atoms in total. The Morgan fingerprint density at radius 3 is 2.00 bits per heavy atom. The summed E-state index contributed by atoms with van der Waals surface area (Å²) in [5, 5.41) is 7.00. The molecule has 0 aliphatic heterocycles. The summed E-state index contributed by atoms with van der Waals surface area (Å²) in [7, 11) is 0. The number of hydrogen-bond donors (Lipinski definition) is 0. The Morgan fingerprint density at radius 1 is 0.627 bits per heavy atom. The van der Waals surface area contributed by atoms with Gasteiger partial charge in [0.1, 0.15) is 32.3 Å². The second kappa shape index (κ2) is 11.7. The van der Waals surface area contributed by atoms with Crippen molar-refractivity contribution in [1.29, 1.82) is 0 Å². The van der Waals surface area contributed by atoms with E-state index >= 15 is 0 Å². The zero-order chi connectivity index (χ0) is 36.0. The van der Waals surface area contributed by atoms with E-state index in [2.05, 4.69) is 142 Å². The normalized spacial score (nSPS) is 13.1. The van der Waals surface area contributed by atoms with Gasteiger partial charge in [0.15, 0.2) is 5.58 Å². The van der Waals surface area contributed by atoms with Crippen LogP contribution >= 0.6 is 11.8 Å². The van der Waals surface area contributed by atoms with Gasteiger partial charge in [0, 0.05) is 22.4 Å². The van der Waals surface area contributed by atoms with Crippen LogP contribution in [-0.2, 0) is 17.3 Å². The molecule has 0 saturated heterocycles. The maximum absolute atomic E-state index is 6.92. The van der Waals surface area contributed by atoms with E-state index in [-0.39, 0.29) is 16.2 Å². The van der Waals surface area contributed by atoms with Gasteiger partial charge in [-0.05, 0) is 106 Å². The number of furan rings is 1. The number of aromatic nitrogens is 3. The fourth-order valence-electron chi connectivity index (χ4n) is 7.10. The van der Waals surface area contributed by atoms with Crippen molar-refractivity contribution in [3.8, 4) is 11.4 Å². The molecule has 0 aliphatic carbocycles. The molecule has 5 aromatic heterocycles. The lowest BCUT2D eigenvalue weighted by atomic mass is 9.86. The first kappa shape index (κ1) is 33.5. The van der Waals surface area contributed by atoms with Crippen molar-refractivity contribution in [2.75, 3.05) is 0 Å². The van der Waals surface area contributed by atoms with Crippen molar-refractivity contribution in [3.63, 3.8) is 0 Å². The molecule has 0 atom stereocenters. The first-order valence-electron chi connectivity index (χ1n) is 17.8. The Labute approximate surface area is 303 Å². The molecule has 0 radical (unpaired) electrons. The smallest absolute Gasteiger partial charge is 0.156 e. The van der Waals surface area contributed by atoms with Crippen LogP contribution in [0, 0.1) is 12.3 Å². The third-order valence-electron chi connectivity index (χ3n) is 9.69. The molecule has 258 valence electrons. The number of benzene rings is 3. The van der Waals surface area contributed by atoms with Crippen LogP contribution in [0.15, 0.2) is 97.9 Å². The van der Waals surface area contributed by atoms with E-state index in [1.807, 2.05) is 6.20 Å². The van der Waals surface area contributed by atoms with E-state index < -0.39 is 0 Å². The third kappa shape index (κ3) is 6.18. The summed E-state index contributed by atoms with van der Waals surface area (Å²) < 4.78 is 13.7. The number of fused-ring (bicyclic) bond motifs is 4. The lowest BCUT2D eigenvalue weighted by Gasteiger charge is -2.22. The summed E-state index contributed by atoms with van der Waals surface area (Å²) in [6.45, 7) is 22.3. The van der Waals surface area contributed by atoms with Crippen molar-refractivity contribution in [2.45, 2.75) is 96.5 Å². The lowest BCUT2D eigenvalue weighted by Crippen LogP contribution is -2.13. The average Bonchev–Trinajstić information content (AvgIpc) is 3.37. The van der Waals surface area contributed by atoms with Gasteiger partial charge in [0.2, 0.25) is 0 Å². The molecule has 0 fully saturated rings. The van der Waals surface area contributed by atoms with Crippen molar-refractivity contribution in [2.24, 2.45) is 5.41 Å². The molecular formula is C45H45N3O2S. The minimum atomic E-state index is -0.0828. The zero-order valence-corrected chi connectivity index (χ0v) is 32.1. The number of hydrogen-bond acceptors (Lipinski definition) is 6. The van der Waals surface area contributed by atoms with Crippen LogP contribution in [0.3, 0.4) is 0 Å². The Bertz CT molecular complexity index is 2660. The Balaban J connectivity index is 1.36. The fourth-order valence-corrected chi connectivity index (χ4v) is 8.02. The monoisotopic (exact) mass is 691 g/mol. The maximum atomic E-state index is 6.92. The Hall–Kier alpha value is -4.68. The number of rotatable bonds is 4. The molecule has 0 aliphatic rings. The van der Waals surface area contributed by atoms with Gasteiger partial charge < -0.3 is 8.83 Å². The van der Waals surface area contributed by atoms with E-state index in [1.54, 1.807) is 11.8 Å². The number of aryl methyl sites for hydroxylation is 1. The van der Waals surface area contributed by atoms with Gasteiger partial charge in [-0.1, -0.05) is 98.3 Å². The van der Waals surface area contributed by atoms with Gasteiger partial charge in [-0.3, -0.25) is 4.98 Å². The SMILES string of the molecule is Cc1cc(Sc2cc(C(C)(C)C)cc(-c3cc(C(C)(C)C)ccn3)n2)nc2c1oc1cc(CC(C)(C)C)cc3oc4c5ccccc5cc2c4c13. The molecule has 8 aromatic rings. The highest BCUT2D eigenvalue weighted by Crippen LogP contribution is 2.44. The second-order valence-corrected chi connectivity index (χ2v) is 18.4. The van der Waals surface area contributed by atoms with Crippen molar-refractivity contribution >= 4 is 66.5 Å². The summed E-state index contributed by atoms with van der Waals surface area (Å²) in [6.07, 6.45) is 2.80. The largest absolute Gasteiger partial charge is 0.455 e. The molecule has 5 heterocycles. The van der Waals surface area contributed by atoms with Crippen LogP contribution in [0.1, 0.15) is 84.6 Å². The summed E-state index contributed by atoms with van der Waals surface area (Å²) in [5.41, 5.74) is 10.6. The third-order valence-corrected chi connectivity index (χ3v) is 10.5. The quantitative estimate of drug-likeness (QED) is 0.183. The second-order valence-electron chi connectivity index (χ2n) is 17.3. The van der Waals surface area contributed by atoms with Gasteiger partial charge >= 0.3 is 0 Å². The molecule has 0 N–H and O–H groups in total. The van der Waals surface area contributed by atoms with Crippen LogP contribution in [0.4, 0.5) is 0 Å². The predicted molar refractivity (Wildman–Crippen MR) is 213 cm³/mol. The molecule has 0 unspecified atom stereocenters. The maximum Gasteiger partial charge on any atom is 0.156 e. The molecule has 6 heteroatoms. The Kier molecular flexibility index (Phi) is 7.66.